The highest BCUT2D eigenvalue weighted by molar-refractivity contribution is 6.46. The Morgan fingerprint density at radius 3 is 2.61 bits per heavy atom. The van der Waals surface area contributed by atoms with Gasteiger partial charge in [-0.25, -0.2) is 0 Å². The van der Waals surface area contributed by atoms with Gasteiger partial charge in [0.1, 0.15) is 23.3 Å². The Morgan fingerprint density at radius 1 is 1.11 bits per heavy atom. The van der Waals surface area contributed by atoms with E-state index in [0.29, 0.717) is 24.4 Å². The van der Waals surface area contributed by atoms with Gasteiger partial charge in [0.15, 0.2) is 0 Å². The average molecular weight is 513 g/mol. The standard InChI is InChI=1S/C31H32N2O5/c1-5-37-24-13-12-19(17-22(24)31(2,3)4)28(34)26-27(25-11-8-16-38-25)33(30(36)29(26)35)15-14-20-18-32-23-10-7-6-9-21(20)23/h6-13,16-18,27,32,34H,5,14-15H2,1-4H3/b28-26-. The van der Waals surface area contributed by atoms with Crippen molar-refractivity contribution in [1.82, 2.24) is 9.88 Å². The predicted molar refractivity (Wildman–Crippen MR) is 146 cm³/mol. The Bertz CT molecular complexity index is 1520. The highest BCUT2D eigenvalue weighted by Gasteiger charge is 2.47. The van der Waals surface area contributed by atoms with E-state index in [0.717, 1.165) is 27.8 Å². The molecule has 0 bridgehead atoms. The maximum absolute atomic E-state index is 13.4. The number of amides is 1. The van der Waals surface area contributed by atoms with E-state index < -0.39 is 17.7 Å². The fraction of sp³-hybridized carbons (Fsp3) is 0.290. The van der Waals surface area contributed by atoms with Crippen molar-refractivity contribution in [2.45, 2.75) is 45.6 Å². The fourth-order valence-electron chi connectivity index (χ4n) is 5.13. The van der Waals surface area contributed by atoms with Crippen LogP contribution in [-0.2, 0) is 21.4 Å². The molecule has 38 heavy (non-hydrogen) atoms. The fourth-order valence-corrected chi connectivity index (χ4v) is 5.13. The second kappa shape index (κ2) is 9.89. The number of carbonyl (C=O) groups is 2. The molecule has 196 valence electrons. The van der Waals surface area contributed by atoms with Gasteiger partial charge in [-0.15, -0.1) is 0 Å². The SMILES string of the molecule is CCOc1ccc(/C(O)=C2/C(=O)C(=O)N(CCc3c[nH]c4ccccc34)C2c2ccco2)cc1C(C)(C)C. The van der Waals surface area contributed by atoms with Crippen molar-refractivity contribution in [3.63, 3.8) is 0 Å². The zero-order chi connectivity index (χ0) is 27.0. The number of furan rings is 1. The first-order chi connectivity index (χ1) is 18.2. The largest absolute Gasteiger partial charge is 0.507 e. The second-order valence-corrected chi connectivity index (χ2v) is 10.5. The molecule has 7 nitrogen and oxygen atoms in total. The molecular weight excluding hydrogens is 480 g/mol. The molecule has 0 radical (unpaired) electrons. The summed E-state index contributed by atoms with van der Waals surface area (Å²) in [5, 5.41) is 12.6. The molecule has 2 aromatic carbocycles. The monoisotopic (exact) mass is 512 g/mol. The van der Waals surface area contributed by atoms with Crippen LogP contribution in [0.5, 0.6) is 5.75 Å². The predicted octanol–water partition coefficient (Wildman–Crippen LogP) is 6.12. The smallest absolute Gasteiger partial charge is 0.295 e. The van der Waals surface area contributed by atoms with Gasteiger partial charge in [0.05, 0.1) is 18.4 Å². The van der Waals surface area contributed by atoms with Gasteiger partial charge in [-0.05, 0) is 60.7 Å². The summed E-state index contributed by atoms with van der Waals surface area (Å²) in [5.74, 6) is -0.471. The molecule has 4 aromatic rings. The van der Waals surface area contributed by atoms with Gasteiger partial charge in [0.25, 0.3) is 11.7 Å². The third kappa shape index (κ3) is 4.49. The lowest BCUT2D eigenvalue weighted by Crippen LogP contribution is -2.31. The molecule has 1 amide bonds. The van der Waals surface area contributed by atoms with Crippen molar-refractivity contribution < 1.29 is 23.8 Å². The third-order valence-corrected chi connectivity index (χ3v) is 7.01. The van der Waals surface area contributed by atoms with Gasteiger partial charge in [0, 0.05) is 34.8 Å². The zero-order valence-electron chi connectivity index (χ0n) is 22.1. The van der Waals surface area contributed by atoms with Crippen molar-refractivity contribution in [2.24, 2.45) is 0 Å². The average Bonchev–Trinajstić information content (AvgIpc) is 3.62. The Morgan fingerprint density at radius 2 is 1.89 bits per heavy atom. The first kappa shape index (κ1) is 25.4. The quantitative estimate of drug-likeness (QED) is 0.177. The van der Waals surface area contributed by atoms with Crippen molar-refractivity contribution in [1.29, 1.82) is 0 Å². The van der Waals surface area contributed by atoms with Crippen LogP contribution in [0.4, 0.5) is 0 Å². The lowest BCUT2D eigenvalue weighted by molar-refractivity contribution is -0.140. The van der Waals surface area contributed by atoms with Gasteiger partial charge in [0.2, 0.25) is 0 Å². The maximum Gasteiger partial charge on any atom is 0.295 e. The Hall–Kier alpha value is -4.26. The minimum atomic E-state index is -0.833. The number of aromatic amines is 1. The van der Waals surface area contributed by atoms with Crippen LogP contribution in [0.1, 0.15) is 56.2 Å². The summed E-state index contributed by atoms with van der Waals surface area (Å²) in [6.07, 6.45) is 3.96. The number of aromatic nitrogens is 1. The first-order valence-electron chi connectivity index (χ1n) is 12.8. The number of aliphatic hydroxyl groups excluding tert-OH is 1. The molecule has 7 heteroatoms. The summed E-state index contributed by atoms with van der Waals surface area (Å²) >= 11 is 0. The molecule has 1 atom stereocenters. The van der Waals surface area contributed by atoms with Gasteiger partial charge < -0.3 is 24.1 Å². The summed E-state index contributed by atoms with van der Waals surface area (Å²) in [6.45, 7) is 8.88. The molecule has 0 aliphatic carbocycles. The van der Waals surface area contributed by atoms with Gasteiger partial charge in [-0.1, -0.05) is 39.0 Å². The van der Waals surface area contributed by atoms with Crippen molar-refractivity contribution in [3.05, 3.63) is 95.1 Å². The molecule has 0 saturated carbocycles. The van der Waals surface area contributed by atoms with Crippen molar-refractivity contribution >= 4 is 28.4 Å². The van der Waals surface area contributed by atoms with Crippen LogP contribution < -0.4 is 4.74 Å². The van der Waals surface area contributed by atoms with Crippen molar-refractivity contribution in [2.75, 3.05) is 13.2 Å². The maximum atomic E-state index is 13.4. The van der Waals surface area contributed by atoms with E-state index >= 15 is 0 Å². The number of carbonyl (C=O) groups excluding carboxylic acids is 2. The summed E-state index contributed by atoms with van der Waals surface area (Å²) < 4.78 is 11.5. The van der Waals surface area contributed by atoms with Crippen LogP contribution in [0.2, 0.25) is 0 Å². The molecule has 3 heterocycles. The summed E-state index contributed by atoms with van der Waals surface area (Å²) in [4.78, 5) is 31.4. The molecule has 1 saturated heterocycles. The Kier molecular flexibility index (Phi) is 6.61. The number of H-pyrrole nitrogens is 1. The summed E-state index contributed by atoms with van der Waals surface area (Å²) in [6, 6.07) is 15.9. The van der Waals surface area contributed by atoms with E-state index in [-0.39, 0.29) is 23.3 Å². The molecule has 0 spiro atoms. The molecule has 2 aromatic heterocycles. The Balaban J connectivity index is 1.56. The minimum absolute atomic E-state index is 0.0212. The number of aliphatic hydroxyl groups is 1. The number of rotatable bonds is 7. The van der Waals surface area contributed by atoms with Crippen molar-refractivity contribution in [3.8, 4) is 5.75 Å². The number of Topliss-reactive ketones (excluding diaryl/α,β-unsaturated/α-hetero) is 1. The van der Waals surface area contributed by atoms with E-state index in [1.165, 1.54) is 11.2 Å². The number of para-hydroxylation sites is 1. The number of benzene rings is 2. The zero-order valence-corrected chi connectivity index (χ0v) is 22.1. The number of nitrogens with one attached hydrogen (secondary N) is 1. The van der Waals surface area contributed by atoms with Crippen LogP contribution in [0, 0.1) is 0 Å². The van der Waals surface area contributed by atoms with Crippen LogP contribution in [0.25, 0.3) is 16.7 Å². The number of nitrogens with zero attached hydrogens (tertiary/aromatic N) is 1. The number of ketones is 1. The topological polar surface area (TPSA) is 95.8 Å². The molecular formula is C31H32N2O5. The van der Waals surface area contributed by atoms with Gasteiger partial charge in [-0.3, -0.25) is 9.59 Å². The molecule has 1 unspecified atom stereocenters. The van der Waals surface area contributed by atoms with E-state index in [1.54, 1.807) is 24.3 Å². The normalized spacial score (nSPS) is 17.5. The lowest BCUT2D eigenvalue weighted by atomic mass is 9.84. The first-order valence-corrected chi connectivity index (χ1v) is 12.8. The number of fused-ring (bicyclic) bond motifs is 1. The highest BCUT2D eigenvalue weighted by Crippen LogP contribution is 2.41. The number of likely N-dealkylation sites (tertiary alicyclic amines) is 1. The number of ether oxygens (including phenoxy) is 1. The summed E-state index contributed by atoms with van der Waals surface area (Å²) in [5.41, 5.74) is 3.15. The molecule has 1 fully saturated rings. The number of hydrogen-bond donors (Lipinski definition) is 2. The van der Waals surface area contributed by atoms with Gasteiger partial charge in [-0.2, -0.15) is 0 Å². The third-order valence-electron chi connectivity index (χ3n) is 7.01. The molecule has 5 rings (SSSR count). The number of hydrogen-bond acceptors (Lipinski definition) is 5. The highest BCUT2D eigenvalue weighted by atomic mass is 16.5. The van der Waals surface area contributed by atoms with E-state index in [1.807, 2.05) is 43.5 Å². The Labute approximate surface area is 221 Å². The van der Waals surface area contributed by atoms with Crippen LogP contribution in [0.15, 0.2) is 77.0 Å². The molecule has 1 aliphatic rings. The van der Waals surface area contributed by atoms with Crippen LogP contribution >= 0.6 is 0 Å². The van der Waals surface area contributed by atoms with E-state index in [9.17, 15) is 14.7 Å². The summed E-state index contributed by atoms with van der Waals surface area (Å²) in [7, 11) is 0. The molecule has 1 aliphatic heterocycles. The van der Waals surface area contributed by atoms with E-state index in [4.69, 9.17) is 9.15 Å². The lowest BCUT2D eigenvalue weighted by Gasteiger charge is -2.25. The van der Waals surface area contributed by atoms with Gasteiger partial charge >= 0.3 is 0 Å². The minimum Gasteiger partial charge on any atom is -0.507 e. The molecule has 2 N–H and O–H groups in total. The van der Waals surface area contributed by atoms with Crippen LogP contribution in [0.3, 0.4) is 0 Å². The van der Waals surface area contributed by atoms with E-state index in [2.05, 4.69) is 25.8 Å². The second-order valence-electron chi connectivity index (χ2n) is 10.5. The van der Waals surface area contributed by atoms with Crippen LogP contribution in [-0.4, -0.2) is 39.8 Å².